The average molecular weight is 222 g/mol. The Morgan fingerprint density at radius 1 is 1.38 bits per heavy atom. The zero-order chi connectivity index (χ0) is 11.2. The Morgan fingerprint density at radius 2 is 2.19 bits per heavy atom. The van der Waals surface area contributed by atoms with Gasteiger partial charge >= 0.3 is 0 Å². The van der Waals surface area contributed by atoms with Crippen LogP contribution in [0.5, 0.6) is 0 Å². The van der Waals surface area contributed by atoms with Crippen molar-refractivity contribution >= 4 is 0 Å². The minimum absolute atomic E-state index is 0.837. The average Bonchev–Trinajstić information content (AvgIpc) is 2.72. The lowest BCUT2D eigenvalue weighted by Crippen LogP contribution is -2.20. The van der Waals surface area contributed by atoms with E-state index in [-0.39, 0.29) is 0 Å². The molecule has 0 spiro atoms. The molecule has 4 nitrogen and oxygen atoms in total. The fourth-order valence-corrected chi connectivity index (χ4v) is 2.45. The lowest BCUT2D eigenvalue weighted by Gasteiger charge is -2.21. The van der Waals surface area contributed by atoms with Gasteiger partial charge in [0.2, 0.25) is 0 Å². The minimum atomic E-state index is 0.837. The fraction of sp³-hybridized carbons (Fsp3) is 0.833. The molecule has 0 aliphatic heterocycles. The lowest BCUT2D eigenvalue weighted by molar-refractivity contribution is 0.333. The molecule has 16 heavy (non-hydrogen) atoms. The number of rotatable bonds is 5. The Balaban J connectivity index is 1.59. The first kappa shape index (κ1) is 11.6. The highest BCUT2D eigenvalue weighted by Gasteiger charge is 2.12. The molecule has 1 fully saturated rings. The van der Waals surface area contributed by atoms with Crippen LogP contribution in [0.3, 0.4) is 0 Å². The topological polar surface area (TPSA) is 42.7 Å². The number of aromatic nitrogens is 3. The maximum absolute atomic E-state index is 4.05. The highest BCUT2D eigenvalue weighted by Crippen LogP contribution is 2.25. The molecule has 1 aromatic heterocycles. The van der Waals surface area contributed by atoms with Crippen molar-refractivity contribution in [1.29, 1.82) is 0 Å². The zero-order valence-corrected chi connectivity index (χ0v) is 10.2. The maximum atomic E-state index is 4.05. The summed E-state index contributed by atoms with van der Waals surface area (Å²) in [6.45, 7) is 1.95. The predicted molar refractivity (Wildman–Crippen MR) is 63.9 cm³/mol. The van der Waals surface area contributed by atoms with Crippen LogP contribution in [-0.2, 0) is 13.6 Å². The molecule has 0 amide bonds. The molecule has 0 unspecified atom stereocenters. The van der Waals surface area contributed by atoms with Gasteiger partial charge in [-0.15, -0.1) is 10.2 Å². The molecule has 1 aliphatic carbocycles. The summed E-state index contributed by atoms with van der Waals surface area (Å²) in [4.78, 5) is 0. The van der Waals surface area contributed by atoms with Crippen LogP contribution >= 0.6 is 0 Å². The third kappa shape index (κ3) is 3.30. The predicted octanol–water partition coefficient (Wildman–Crippen LogP) is 1.88. The SMILES string of the molecule is Cn1cnnc1CNCCC1CCCCC1. The van der Waals surface area contributed by atoms with Gasteiger partial charge in [0, 0.05) is 7.05 Å². The van der Waals surface area contributed by atoms with Crippen molar-refractivity contribution in [1.82, 2.24) is 20.1 Å². The van der Waals surface area contributed by atoms with E-state index in [0.29, 0.717) is 0 Å². The second-order valence-corrected chi connectivity index (χ2v) is 4.83. The van der Waals surface area contributed by atoms with Crippen molar-refractivity contribution in [2.45, 2.75) is 45.1 Å². The van der Waals surface area contributed by atoms with E-state index in [4.69, 9.17) is 0 Å². The second-order valence-electron chi connectivity index (χ2n) is 4.83. The van der Waals surface area contributed by atoms with Gasteiger partial charge in [-0.1, -0.05) is 32.1 Å². The maximum Gasteiger partial charge on any atom is 0.146 e. The van der Waals surface area contributed by atoms with Gasteiger partial charge in [-0.2, -0.15) is 0 Å². The number of hydrogen-bond acceptors (Lipinski definition) is 3. The summed E-state index contributed by atoms with van der Waals surface area (Å²) in [5.74, 6) is 1.98. The van der Waals surface area contributed by atoms with Crippen LogP contribution < -0.4 is 5.32 Å². The van der Waals surface area contributed by atoms with Crippen LogP contribution in [0, 0.1) is 5.92 Å². The molecular weight excluding hydrogens is 200 g/mol. The highest BCUT2D eigenvalue weighted by molar-refractivity contribution is 4.83. The minimum Gasteiger partial charge on any atom is -0.320 e. The van der Waals surface area contributed by atoms with Crippen molar-refractivity contribution in [2.75, 3.05) is 6.54 Å². The summed E-state index contributed by atoms with van der Waals surface area (Å²) < 4.78 is 1.97. The highest BCUT2D eigenvalue weighted by atomic mass is 15.3. The van der Waals surface area contributed by atoms with E-state index in [1.807, 2.05) is 11.6 Å². The summed E-state index contributed by atoms with van der Waals surface area (Å²) >= 11 is 0. The molecule has 2 rings (SSSR count). The summed E-state index contributed by atoms with van der Waals surface area (Å²) in [6.07, 6.45) is 10.3. The van der Waals surface area contributed by atoms with Gasteiger partial charge in [0.1, 0.15) is 12.2 Å². The van der Waals surface area contributed by atoms with Crippen molar-refractivity contribution in [2.24, 2.45) is 13.0 Å². The normalized spacial score (nSPS) is 17.8. The quantitative estimate of drug-likeness (QED) is 0.773. The van der Waals surface area contributed by atoms with E-state index in [1.54, 1.807) is 6.33 Å². The Kier molecular flexibility index (Phi) is 4.34. The standard InChI is InChI=1S/C12H22N4/c1-16-10-14-15-12(16)9-13-8-7-11-5-3-2-4-6-11/h10-11,13H,2-9H2,1H3. The van der Waals surface area contributed by atoms with Crippen molar-refractivity contribution in [3.8, 4) is 0 Å². The Hall–Kier alpha value is -0.900. The molecule has 0 saturated heterocycles. The first-order chi connectivity index (χ1) is 7.86. The molecule has 0 aromatic carbocycles. The van der Waals surface area contributed by atoms with E-state index in [1.165, 1.54) is 38.5 Å². The number of aryl methyl sites for hydroxylation is 1. The van der Waals surface area contributed by atoms with Gasteiger partial charge in [0.25, 0.3) is 0 Å². The molecule has 1 saturated carbocycles. The van der Waals surface area contributed by atoms with Gasteiger partial charge in [-0.25, -0.2) is 0 Å². The molecule has 1 heterocycles. The zero-order valence-electron chi connectivity index (χ0n) is 10.2. The van der Waals surface area contributed by atoms with Crippen LogP contribution in [-0.4, -0.2) is 21.3 Å². The molecule has 1 N–H and O–H groups in total. The van der Waals surface area contributed by atoms with Crippen LogP contribution in [0.25, 0.3) is 0 Å². The summed E-state index contributed by atoms with van der Waals surface area (Å²) in [6, 6.07) is 0. The molecule has 1 aromatic rings. The molecule has 1 aliphatic rings. The van der Waals surface area contributed by atoms with Crippen LogP contribution in [0.2, 0.25) is 0 Å². The van der Waals surface area contributed by atoms with E-state index in [9.17, 15) is 0 Å². The third-order valence-electron chi connectivity index (χ3n) is 3.54. The number of nitrogens with zero attached hydrogens (tertiary/aromatic N) is 3. The van der Waals surface area contributed by atoms with Crippen molar-refractivity contribution in [3.05, 3.63) is 12.2 Å². The molecule has 0 radical (unpaired) electrons. The Morgan fingerprint density at radius 3 is 2.88 bits per heavy atom. The largest absolute Gasteiger partial charge is 0.320 e. The smallest absolute Gasteiger partial charge is 0.146 e. The first-order valence-electron chi connectivity index (χ1n) is 6.40. The molecular formula is C12H22N4. The lowest BCUT2D eigenvalue weighted by atomic mass is 9.87. The first-order valence-corrected chi connectivity index (χ1v) is 6.40. The van der Waals surface area contributed by atoms with E-state index in [2.05, 4.69) is 15.5 Å². The summed E-state index contributed by atoms with van der Waals surface area (Å²) in [7, 11) is 1.98. The second kappa shape index (κ2) is 5.99. The van der Waals surface area contributed by atoms with Gasteiger partial charge < -0.3 is 9.88 Å². The van der Waals surface area contributed by atoms with Crippen molar-refractivity contribution < 1.29 is 0 Å². The van der Waals surface area contributed by atoms with E-state index >= 15 is 0 Å². The van der Waals surface area contributed by atoms with Gasteiger partial charge in [0.05, 0.1) is 6.54 Å². The Labute approximate surface area is 97.5 Å². The molecule has 0 atom stereocenters. The monoisotopic (exact) mass is 222 g/mol. The Bertz CT molecular complexity index is 302. The van der Waals surface area contributed by atoms with E-state index in [0.717, 1.165) is 24.8 Å². The van der Waals surface area contributed by atoms with Gasteiger partial charge in [-0.3, -0.25) is 0 Å². The molecule has 4 heteroatoms. The van der Waals surface area contributed by atoms with Crippen molar-refractivity contribution in [3.63, 3.8) is 0 Å². The number of hydrogen-bond donors (Lipinski definition) is 1. The van der Waals surface area contributed by atoms with Gasteiger partial charge in [-0.05, 0) is 18.9 Å². The van der Waals surface area contributed by atoms with Crippen LogP contribution in [0.15, 0.2) is 6.33 Å². The van der Waals surface area contributed by atoms with Crippen LogP contribution in [0.1, 0.15) is 44.3 Å². The fourth-order valence-electron chi connectivity index (χ4n) is 2.45. The third-order valence-corrected chi connectivity index (χ3v) is 3.54. The molecule has 90 valence electrons. The summed E-state index contributed by atoms with van der Waals surface area (Å²) in [5.41, 5.74) is 0. The number of nitrogens with one attached hydrogen (secondary N) is 1. The van der Waals surface area contributed by atoms with Crippen LogP contribution in [0.4, 0.5) is 0 Å². The summed E-state index contributed by atoms with van der Waals surface area (Å²) in [5, 5.41) is 11.4. The molecule has 0 bridgehead atoms. The van der Waals surface area contributed by atoms with E-state index < -0.39 is 0 Å². The van der Waals surface area contributed by atoms with Gasteiger partial charge in [0.15, 0.2) is 0 Å².